The molecule has 0 bridgehead atoms. The first-order valence-electron chi connectivity index (χ1n) is 8.74. The van der Waals surface area contributed by atoms with Crippen molar-refractivity contribution in [1.82, 2.24) is 9.88 Å². The third kappa shape index (κ3) is 4.60. The third-order valence-corrected chi connectivity index (χ3v) is 6.30. The van der Waals surface area contributed by atoms with Gasteiger partial charge in [0.1, 0.15) is 0 Å². The van der Waals surface area contributed by atoms with E-state index in [4.69, 9.17) is 23.2 Å². The first-order chi connectivity index (χ1) is 13.0. The van der Waals surface area contributed by atoms with Crippen LogP contribution in [0, 0.1) is 5.92 Å². The van der Waals surface area contributed by atoms with Crippen LogP contribution in [-0.4, -0.2) is 34.8 Å². The number of thiazole rings is 1. The van der Waals surface area contributed by atoms with Crippen LogP contribution < -0.4 is 10.6 Å². The van der Waals surface area contributed by atoms with Gasteiger partial charge in [-0.25, -0.2) is 4.98 Å². The molecule has 1 saturated carbocycles. The number of carbonyl (C=O) groups is 2. The normalized spacial score (nSPS) is 16.7. The number of nitrogens with zero attached hydrogens (tertiary/aromatic N) is 2. The predicted octanol–water partition coefficient (Wildman–Crippen LogP) is 3.80. The number of amides is 2. The minimum Gasteiger partial charge on any atom is -0.325 e. The summed E-state index contributed by atoms with van der Waals surface area (Å²) in [5, 5.41) is 7.27. The Bertz CT molecular complexity index is 897. The van der Waals surface area contributed by atoms with E-state index in [1.54, 1.807) is 18.2 Å². The highest BCUT2D eigenvalue weighted by atomic mass is 35.5. The first-order valence-corrected chi connectivity index (χ1v) is 10.3. The summed E-state index contributed by atoms with van der Waals surface area (Å²) in [4.78, 5) is 31.9. The van der Waals surface area contributed by atoms with Crippen molar-refractivity contribution in [3.8, 4) is 0 Å². The lowest BCUT2D eigenvalue weighted by Crippen LogP contribution is -2.36. The van der Waals surface area contributed by atoms with Gasteiger partial charge in [0.2, 0.25) is 11.8 Å². The summed E-state index contributed by atoms with van der Waals surface area (Å²) in [6.07, 6.45) is 2.71. The molecular formula is C18H18Cl2N4O2S. The number of hydrogen-bond acceptors (Lipinski definition) is 5. The topological polar surface area (TPSA) is 74.3 Å². The summed E-state index contributed by atoms with van der Waals surface area (Å²) in [5.74, 6) is 0.120. The van der Waals surface area contributed by atoms with E-state index in [0.717, 1.165) is 36.4 Å². The van der Waals surface area contributed by atoms with Crippen molar-refractivity contribution in [1.29, 1.82) is 0 Å². The molecular weight excluding hydrogens is 407 g/mol. The highest BCUT2D eigenvalue weighted by molar-refractivity contribution is 7.15. The van der Waals surface area contributed by atoms with Crippen LogP contribution in [0.4, 0.5) is 10.8 Å². The maximum absolute atomic E-state index is 12.3. The lowest BCUT2D eigenvalue weighted by atomic mass is 10.2. The molecule has 0 radical (unpaired) electrons. The lowest BCUT2D eigenvalue weighted by Gasteiger charge is -2.25. The summed E-state index contributed by atoms with van der Waals surface area (Å²) in [5.41, 5.74) is 1.64. The van der Waals surface area contributed by atoms with Gasteiger partial charge in [-0.3, -0.25) is 14.5 Å². The highest BCUT2D eigenvalue weighted by Crippen LogP contribution is 2.33. The van der Waals surface area contributed by atoms with E-state index < -0.39 is 0 Å². The van der Waals surface area contributed by atoms with E-state index in [1.807, 2.05) is 0 Å². The van der Waals surface area contributed by atoms with Gasteiger partial charge in [-0.2, -0.15) is 0 Å². The number of anilines is 2. The van der Waals surface area contributed by atoms with Crippen LogP contribution in [-0.2, 0) is 22.6 Å². The smallest absolute Gasteiger partial charge is 0.238 e. The van der Waals surface area contributed by atoms with Gasteiger partial charge in [-0.1, -0.05) is 23.2 Å². The van der Waals surface area contributed by atoms with Crippen molar-refractivity contribution in [3.63, 3.8) is 0 Å². The molecule has 0 unspecified atom stereocenters. The van der Waals surface area contributed by atoms with Gasteiger partial charge in [-0.15, -0.1) is 11.3 Å². The van der Waals surface area contributed by atoms with Crippen molar-refractivity contribution in [3.05, 3.63) is 38.8 Å². The van der Waals surface area contributed by atoms with Crippen LogP contribution in [0.1, 0.15) is 23.4 Å². The predicted molar refractivity (Wildman–Crippen MR) is 108 cm³/mol. The first kappa shape index (κ1) is 18.7. The third-order valence-electron chi connectivity index (χ3n) is 4.56. The molecule has 1 aromatic heterocycles. The molecule has 2 aromatic rings. The number of benzene rings is 1. The van der Waals surface area contributed by atoms with Gasteiger partial charge in [0.05, 0.1) is 22.3 Å². The van der Waals surface area contributed by atoms with E-state index in [9.17, 15) is 9.59 Å². The Hall–Kier alpha value is -1.67. The molecule has 9 heteroatoms. The molecule has 1 aliphatic carbocycles. The Morgan fingerprint density at radius 1 is 1.22 bits per heavy atom. The van der Waals surface area contributed by atoms with Crippen molar-refractivity contribution < 1.29 is 9.59 Å². The molecule has 0 saturated heterocycles. The van der Waals surface area contributed by atoms with Crippen molar-refractivity contribution in [2.24, 2.45) is 5.92 Å². The molecule has 0 atom stereocenters. The van der Waals surface area contributed by atoms with Gasteiger partial charge in [0.25, 0.3) is 0 Å². The van der Waals surface area contributed by atoms with Crippen LogP contribution in [0.25, 0.3) is 0 Å². The molecule has 2 amide bonds. The average molecular weight is 425 g/mol. The maximum atomic E-state index is 12.3. The summed E-state index contributed by atoms with van der Waals surface area (Å²) < 4.78 is 0. The van der Waals surface area contributed by atoms with Crippen molar-refractivity contribution >= 4 is 57.2 Å². The summed E-state index contributed by atoms with van der Waals surface area (Å²) >= 11 is 13.4. The monoisotopic (exact) mass is 424 g/mol. The Morgan fingerprint density at radius 2 is 2.04 bits per heavy atom. The van der Waals surface area contributed by atoms with Gasteiger partial charge in [0.15, 0.2) is 5.13 Å². The summed E-state index contributed by atoms with van der Waals surface area (Å²) in [6.45, 7) is 1.68. The second-order valence-electron chi connectivity index (χ2n) is 6.79. The second kappa shape index (κ2) is 7.75. The van der Waals surface area contributed by atoms with Gasteiger partial charge >= 0.3 is 0 Å². The van der Waals surface area contributed by atoms with Gasteiger partial charge < -0.3 is 10.6 Å². The molecule has 2 heterocycles. The Kier molecular flexibility index (Phi) is 5.36. The number of carbonyl (C=O) groups excluding carboxylic acids is 2. The number of aromatic nitrogens is 1. The quantitative estimate of drug-likeness (QED) is 0.765. The molecule has 142 valence electrons. The molecule has 27 heavy (non-hydrogen) atoms. The SMILES string of the molecule is O=C(CN1CCc2nc(NC(=O)C3CC3)sc2C1)Nc1ccc(Cl)c(Cl)c1. The van der Waals surface area contributed by atoms with E-state index in [2.05, 4.69) is 20.5 Å². The maximum Gasteiger partial charge on any atom is 0.238 e. The molecule has 0 spiro atoms. The zero-order valence-corrected chi connectivity index (χ0v) is 16.8. The molecule has 2 N–H and O–H groups in total. The minimum absolute atomic E-state index is 0.0685. The van der Waals surface area contributed by atoms with Crippen LogP contribution >= 0.6 is 34.5 Å². The molecule has 1 fully saturated rings. The van der Waals surface area contributed by atoms with E-state index in [-0.39, 0.29) is 24.3 Å². The van der Waals surface area contributed by atoms with Gasteiger partial charge in [0, 0.05) is 36.0 Å². The average Bonchev–Trinajstić information content (AvgIpc) is 3.39. The van der Waals surface area contributed by atoms with Crippen LogP contribution in [0.15, 0.2) is 18.2 Å². The Labute approximate surface area is 170 Å². The number of hydrogen-bond donors (Lipinski definition) is 2. The fourth-order valence-electron chi connectivity index (χ4n) is 2.97. The largest absolute Gasteiger partial charge is 0.325 e. The summed E-state index contributed by atoms with van der Waals surface area (Å²) in [7, 11) is 0. The lowest BCUT2D eigenvalue weighted by molar-refractivity contribution is -0.118. The fraction of sp³-hybridized carbons (Fsp3) is 0.389. The van der Waals surface area contributed by atoms with Crippen LogP contribution in [0.3, 0.4) is 0 Å². The van der Waals surface area contributed by atoms with E-state index >= 15 is 0 Å². The zero-order valence-electron chi connectivity index (χ0n) is 14.4. The van der Waals surface area contributed by atoms with E-state index in [0.29, 0.717) is 27.4 Å². The number of rotatable bonds is 5. The molecule has 4 rings (SSSR count). The number of fused-ring (bicyclic) bond motifs is 1. The fourth-order valence-corrected chi connectivity index (χ4v) is 4.32. The molecule has 1 aliphatic heterocycles. The molecule has 6 nitrogen and oxygen atoms in total. The van der Waals surface area contributed by atoms with Crippen LogP contribution in [0.2, 0.25) is 10.0 Å². The Balaban J connectivity index is 1.33. The minimum atomic E-state index is -0.108. The standard InChI is InChI=1S/C18H18Cl2N4O2S/c19-12-4-3-11(7-13(12)20)21-16(25)9-24-6-5-14-15(8-24)27-18(22-14)23-17(26)10-1-2-10/h3-4,7,10H,1-2,5-6,8-9H2,(H,21,25)(H,22,23,26). The summed E-state index contributed by atoms with van der Waals surface area (Å²) in [6, 6.07) is 5.01. The van der Waals surface area contributed by atoms with Crippen molar-refractivity contribution in [2.75, 3.05) is 23.7 Å². The van der Waals surface area contributed by atoms with Crippen molar-refractivity contribution in [2.45, 2.75) is 25.8 Å². The Morgan fingerprint density at radius 3 is 2.78 bits per heavy atom. The van der Waals surface area contributed by atoms with Crippen LogP contribution in [0.5, 0.6) is 0 Å². The van der Waals surface area contributed by atoms with E-state index in [1.165, 1.54) is 11.3 Å². The number of nitrogens with one attached hydrogen (secondary N) is 2. The second-order valence-corrected chi connectivity index (χ2v) is 8.69. The van der Waals surface area contributed by atoms with Gasteiger partial charge in [-0.05, 0) is 31.0 Å². The zero-order chi connectivity index (χ0) is 19.0. The molecule has 1 aromatic carbocycles. The number of halogens is 2. The molecule has 2 aliphatic rings. The highest BCUT2D eigenvalue weighted by Gasteiger charge is 2.31.